The third-order valence-corrected chi connectivity index (χ3v) is 2.11. The molecule has 0 fully saturated rings. The highest BCUT2D eigenvalue weighted by Gasteiger charge is 2.33. The summed E-state index contributed by atoms with van der Waals surface area (Å²) in [6.07, 6.45) is -3.93. The van der Waals surface area contributed by atoms with Crippen LogP contribution in [-0.2, 0) is 12.6 Å². The molecule has 0 saturated carbocycles. The quantitative estimate of drug-likeness (QED) is 0.781. The molecule has 68 valence electrons. The molecule has 0 saturated heterocycles. The second-order valence-electron chi connectivity index (χ2n) is 2.16. The molecule has 0 aliphatic carbocycles. The lowest BCUT2D eigenvalue weighted by Gasteiger charge is -1.99. The van der Waals surface area contributed by atoms with Crippen molar-refractivity contribution in [3.8, 4) is 0 Å². The molecule has 0 bridgehead atoms. The minimum Gasteiger partial charge on any atom is -0.330 e. The van der Waals surface area contributed by atoms with Gasteiger partial charge in [-0.05, 0) is 6.54 Å². The average Bonchev–Trinajstić information content (AvgIpc) is 2.35. The molecule has 1 aromatic heterocycles. The molecule has 2 N–H and O–H groups in total. The third-order valence-electron chi connectivity index (χ3n) is 1.20. The van der Waals surface area contributed by atoms with Crippen LogP contribution in [0, 0.1) is 0 Å². The van der Waals surface area contributed by atoms with E-state index in [0.29, 0.717) is 18.0 Å². The SMILES string of the molecule is NCCc1nc(C(F)(F)F)cs1. The number of alkyl halides is 3. The molecule has 12 heavy (non-hydrogen) atoms. The van der Waals surface area contributed by atoms with Gasteiger partial charge in [0.25, 0.3) is 0 Å². The van der Waals surface area contributed by atoms with Crippen LogP contribution in [0.4, 0.5) is 13.2 Å². The Hall–Kier alpha value is -0.620. The molecule has 0 radical (unpaired) electrons. The Labute approximate surface area is 71.2 Å². The van der Waals surface area contributed by atoms with E-state index in [1.54, 1.807) is 0 Å². The predicted molar refractivity (Wildman–Crippen MR) is 39.9 cm³/mol. The highest BCUT2D eigenvalue weighted by Crippen LogP contribution is 2.29. The number of halogens is 3. The fraction of sp³-hybridized carbons (Fsp3) is 0.500. The maximum absolute atomic E-state index is 12.0. The maximum atomic E-state index is 12.0. The van der Waals surface area contributed by atoms with Crippen LogP contribution in [0.25, 0.3) is 0 Å². The zero-order valence-corrected chi connectivity index (χ0v) is 6.87. The van der Waals surface area contributed by atoms with Crippen molar-refractivity contribution in [2.75, 3.05) is 6.54 Å². The standard InChI is InChI=1S/C6H7F3N2S/c7-6(8,9)4-3-12-5(11-4)1-2-10/h3H,1-2,10H2. The second kappa shape index (κ2) is 3.40. The highest BCUT2D eigenvalue weighted by molar-refractivity contribution is 7.09. The van der Waals surface area contributed by atoms with Gasteiger partial charge < -0.3 is 5.73 Å². The van der Waals surface area contributed by atoms with Crippen LogP contribution in [0.3, 0.4) is 0 Å². The number of hydrogen-bond donors (Lipinski definition) is 1. The van der Waals surface area contributed by atoms with Crippen LogP contribution in [0.1, 0.15) is 10.7 Å². The summed E-state index contributed by atoms with van der Waals surface area (Å²) in [4.78, 5) is 3.38. The van der Waals surface area contributed by atoms with Crippen LogP contribution >= 0.6 is 11.3 Å². The van der Waals surface area contributed by atoms with Gasteiger partial charge in [-0.25, -0.2) is 4.98 Å². The first-order valence-electron chi connectivity index (χ1n) is 3.25. The van der Waals surface area contributed by atoms with Gasteiger partial charge in [-0.2, -0.15) is 13.2 Å². The third kappa shape index (κ3) is 2.18. The van der Waals surface area contributed by atoms with Crippen LogP contribution < -0.4 is 5.73 Å². The van der Waals surface area contributed by atoms with Crippen LogP contribution in [0.15, 0.2) is 5.38 Å². The Bertz CT molecular complexity index is 256. The molecule has 1 rings (SSSR count). The molecule has 1 heterocycles. The summed E-state index contributed by atoms with van der Waals surface area (Å²) >= 11 is 0.990. The molecule has 0 atom stereocenters. The smallest absolute Gasteiger partial charge is 0.330 e. The minimum atomic E-state index is -4.33. The lowest BCUT2D eigenvalue weighted by molar-refractivity contribution is -0.140. The van der Waals surface area contributed by atoms with Crippen molar-refractivity contribution in [3.63, 3.8) is 0 Å². The van der Waals surface area contributed by atoms with E-state index in [0.717, 1.165) is 16.7 Å². The lowest BCUT2D eigenvalue weighted by atomic mass is 10.4. The Morgan fingerprint density at radius 2 is 2.17 bits per heavy atom. The second-order valence-corrected chi connectivity index (χ2v) is 3.11. The summed E-state index contributed by atoms with van der Waals surface area (Å²) in [6, 6.07) is 0. The van der Waals surface area contributed by atoms with E-state index in [-0.39, 0.29) is 0 Å². The van der Waals surface area contributed by atoms with Crippen molar-refractivity contribution in [2.45, 2.75) is 12.6 Å². The predicted octanol–water partition coefficient (Wildman–Crippen LogP) is 1.66. The monoisotopic (exact) mass is 196 g/mol. The van der Waals surface area contributed by atoms with Gasteiger partial charge in [-0.1, -0.05) is 0 Å². The van der Waals surface area contributed by atoms with Crippen molar-refractivity contribution in [2.24, 2.45) is 5.73 Å². The summed E-state index contributed by atoms with van der Waals surface area (Å²) < 4.78 is 35.9. The highest BCUT2D eigenvalue weighted by atomic mass is 32.1. The Balaban J connectivity index is 2.77. The number of aromatic nitrogens is 1. The Morgan fingerprint density at radius 3 is 2.58 bits per heavy atom. The topological polar surface area (TPSA) is 38.9 Å². The average molecular weight is 196 g/mol. The normalized spacial score (nSPS) is 12.0. The fourth-order valence-corrected chi connectivity index (χ4v) is 1.50. The summed E-state index contributed by atoms with van der Waals surface area (Å²) in [6.45, 7) is 0.324. The van der Waals surface area contributed by atoms with Crippen LogP contribution in [0.5, 0.6) is 0 Å². The minimum absolute atomic E-state index is 0.324. The number of hydrogen-bond acceptors (Lipinski definition) is 3. The molecule has 0 spiro atoms. The maximum Gasteiger partial charge on any atom is 0.434 e. The Kier molecular flexibility index (Phi) is 2.69. The van der Waals surface area contributed by atoms with Crippen LogP contribution in [0.2, 0.25) is 0 Å². The number of thiazole rings is 1. The first-order valence-corrected chi connectivity index (χ1v) is 4.13. The Morgan fingerprint density at radius 1 is 1.50 bits per heavy atom. The van der Waals surface area contributed by atoms with Gasteiger partial charge in [0.2, 0.25) is 0 Å². The summed E-state index contributed by atoms with van der Waals surface area (Å²) in [5, 5.41) is 1.44. The number of rotatable bonds is 2. The number of nitrogens with zero attached hydrogens (tertiary/aromatic N) is 1. The lowest BCUT2D eigenvalue weighted by Crippen LogP contribution is -2.07. The van der Waals surface area contributed by atoms with Gasteiger partial charge in [0.1, 0.15) is 0 Å². The largest absolute Gasteiger partial charge is 0.434 e. The van der Waals surface area contributed by atoms with Crippen molar-refractivity contribution in [1.82, 2.24) is 4.98 Å². The van der Waals surface area contributed by atoms with E-state index in [1.165, 1.54) is 0 Å². The fourth-order valence-electron chi connectivity index (χ4n) is 0.679. The first kappa shape index (κ1) is 9.47. The molecule has 0 aliphatic heterocycles. The van der Waals surface area contributed by atoms with E-state index < -0.39 is 11.9 Å². The van der Waals surface area contributed by atoms with Gasteiger partial charge in [0.15, 0.2) is 5.69 Å². The van der Waals surface area contributed by atoms with Gasteiger partial charge in [-0.15, -0.1) is 11.3 Å². The molecular weight excluding hydrogens is 189 g/mol. The van der Waals surface area contributed by atoms with Gasteiger partial charge in [0, 0.05) is 11.8 Å². The van der Waals surface area contributed by atoms with E-state index in [1.807, 2.05) is 0 Å². The molecule has 0 amide bonds. The summed E-state index contributed by atoms with van der Waals surface area (Å²) in [7, 11) is 0. The molecular formula is C6H7F3N2S. The van der Waals surface area contributed by atoms with Crippen molar-refractivity contribution in [1.29, 1.82) is 0 Å². The number of nitrogens with two attached hydrogens (primary N) is 1. The van der Waals surface area contributed by atoms with Crippen molar-refractivity contribution < 1.29 is 13.2 Å². The van der Waals surface area contributed by atoms with Crippen molar-refractivity contribution in [3.05, 3.63) is 16.1 Å². The molecule has 6 heteroatoms. The molecule has 2 nitrogen and oxygen atoms in total. The zero-order chi connectivity index (χ0) is 9.19. The summed E-state index contributed by atoms with van der Waals surface area (Å²) in [5.41, 5.74) is 4.34. The van der Waals surface area contributed by atoms with E-state index in [9.17, 15) is 13.2 Å². The van der Waals surface area contributed by atoms with Gasteiger partial charge in [-0.3, -0.25) is 0 Å². The first-order chi connectivity index (χ1) is 5.54. The van der Waals surface area contributed by atoms with Crippen molar-refractivity contribution >= 4 is 11.3 Å². The molecule has 0 unspecified atom stereocenters. The molecule has 1 aromatic rings. The van der Waals surface area contributed by atoms with Crippen LogP contribution in [-0.4, -0.2) is 11.5 Å². The van der Waals surface area contributed by atoms with Gasteiger partial charge >= 0.3 is 6.18 Å². The van der Waals surface area contributed by atoms with E-state index >= 15 is 0 Å². The zero-order valence-electron chi connectivity index (χ0n) is 6.06. The summed E-state index contributed by atoms with van der Waals surface area (Å²) in [5.74, 6) is 0. The van der Waals surface area contributed by atoms with Gasteiger partial charge in [0.05, 0.1) is 5.01 Å². The molecule has 0 aromatic carbocycles. The molecule has 0 aliphatic rings. The van der Waals surface area contributed by atoms with E-state index in [4.69, 9.17) is 5.73 Å². The van der Waals surface area contributed by atoms with E-state index in [2.05, 4.69) is 4.98 Å².